The van der Waals surface area contributed by atoms with Crippen molar-refractivity contribution < 1.29 is 0 Å². The lowest BCUT2D eigenvalue weighted by atomic mass is 9.42. The minimum absolute atomic E-state index is 0.0508. The number of rotatable bonds is 0. The third kappa shape index (κ3) is 2.67. The Kier molecular flexibility index (Phi) is 4.50. The zero-order valence-corrected chi connectivity index (χ0v) is 26.2. The third-order valence-corrected chi connectivity index (χ3v) is 12.3. The second-order valence-corrected chi connectivity index (χ2v) is 15.7. The van der Waals surface area contributed by atoms with E-state index >= 15 is 0 Å². The second-order valence-electron chi connectivity index (χ2n) is 15.7. The molecule has 0 bridgehead atoms. The van der Waals surface area contributed by atoms with Crippen molar-refractivity contribution in [2.45, 2.75) is 95.9 Å². The molecule has 0 radical (unpaired) electrons. The fourth-order valence-electron chi connectivity index (χ4n) is 9.85. The molecule has 4 aromatic carbocycles. The summed E-state index contributed by atoms with van der Waals surface area (Å²) in [6, 6.07) is 28.7. The van der Waals surface area contributed by atoms with Gasteiger partial charge in [-0.25, -0.2) is 0 Å². The van der Waals surface area contributed by atoms with Crippen molar-refractivity contribution in [2.24, 2.45) is 0 Å². The van der Waals surface area contributed by atoms with Crippen LogP contribution in [0, 0.1) is 0 Å². The van der Waals surface area contributed by atoms with E-state index in [1.807, 2.05) is 0 Å². The monoisotopic (exact) mass is 548 g/mol. The highest BCUT2D eigenvalue weighted by Gasteiger charge is 2.62. The lowest BCUT2D eigenvalue weighted by molar-refractivity contribution is 0.195. The summed E-state index contributed by atoms with van der Waals surface area (Å²) in [6.07, 6.45) is 5.11. The third-order valence-electron chi connectivity index (χ3n) is 12.3. The standard InChI is InChI=1S/C39H41BN2/c1-36(2,3)24-22-26-25-14-12-16-28-34(25)42(31-19-9-8-15-27(31)37(28,4)5)40-30-18-13-17-29-35(30)41(32(23-24)33(26)40)39(7)21-11-10-20-38(29,39)6/h8-9,12-19,22-23H,10-11,20-21H2,1-7H3. The Balaban J connectivity index is 1.47. The molecule has 0 N–H and O–H groups in total. The van der Waals surface area contributed by atoms with Crippen LogP contribution >= 0.6 is 0 Å². The van der Waals surface area contributed by atoms with Crippen molar-refractivity contribution in [3.8, 4) is 11.1 Å². The van der Waals surface area contributed by atoms with E-state index in [1.165, 1.54) is 87.2 Å². The van der Waals surface area contributed by atoms with Crippen LogP contribution in [0.25, 0.3) is 11.1 Å². The maximum atomic E-state index is 2.86. The predicted molar refractivity (Wildman–Crippen MR) is 179 cm³/mol. The predicted octanol–water partition coefficient (Wildman–Crippen LogP) is 8.60. The second kappa shape index (κ2) is 7.54. The Hall–Kier alpha value is -3.46. The molecule has 210 valence electrons. The van der Waals surface area contributed by atoms with E-state index in [0.717, 1.165) is 0 Å². The van der Waals surface area contributed by atoms with Crippen LogP contribution in [0.4, 0.5) is 22.7 Å². The van der Waals surface area contributed by atoms with Gasteiger partial charge in [0.05, 0.1) is 5.54 Å². The van der Waals surface area contributed by atoms with Crippen LogP contribution in [-0.4, -0.2) is 12.4 Å². The van der Waals surface area contributed by atoms with Crippen molar-refractivity contribution in [1.82, 2.24) is 0 Å². The fourth-order valence-corrected chi connectivity index (χ4v) is 9.85. The molecule has 4 aromatic rings. The molecule has 4 aliphatic heterocycles. The van der Waals surface area contributed by atoms with Crippen molar-refractivity contribution in [2.75, 3.05) is 9.71 Å². The molecule has 0 amide bonds. The minimum Gasteiger partial charge on any atom is -0.376 e. The summed E-state index contributed by atoms with van der Waals surface area (Å²) in [5.41, 5.74) is 17.6. The van der Waals surface area contributed by atoms with Crippen LogP contribution < -0.4 is 20.6 Å². The maximum Gasteiger partial charge on any atom is 0.333 e. The Morgan fingerprint density at radius 1 is 0.690 bits per heavy atom. The summed E-state index contributed by atoms with van der Waals surface area (Å²) in [5.74, 6) is 0. The van der Waals surface area contributed by atoms with Gasteiger partial charge in [-0.2, -0.15) is 0 Å². The zero-order chi connectivity index (χ0) is 29.0. The molecule has 42 heavy (non-hydrogen) atoms. The Morgan fingerprint density at radius 2 is 1.40 bits per heavy atom. The first-order chi connectivity index (χ1) is 20.0. The van der Waals surface area contributed by atoms with E-state index in [1.54, 1.807) is 5.56 Å². The van der Waals surface area contributed by atoms with Gasteiger partial charge in [0.15, 0.2) is 0 Å². The van der Waals surface area contributed by atoms with E-state index in [-0.39, 0.29) is 28.6 Å². The number of nitrogens with zero attached hydrogens (tertiary/aromatic N) is 2. The number of hydrogen-bond donors (Lipinski definition) is 0. The molecule has 2 nitrogen and oxygen atoms in total. The van der Waals surface area contributed by atoms with E-state index in [2.05, 4.69) is 131 Å². The highest BCUT2D eigenvalue weighted by molar-refractivity contribution is 6.93. The SMILES string of the molecule is CC(C)(C)c1cc2c3c(c1)N1c4c(cccc4C4(C)CCCCC14C)B3N1c3ccccc3C(C)(C)c3cccc-2c31. The summed E-state index contributed by atoms with van der Waals surface area (Å²) in [6.45, 7) is 17.3. The molecule has 3 heteroatoms. The van der Waals surface area contributed by atoms with E-state index in [9.17, 15) is 0 Å². The fraction of sp³-hybridized carbons (Fsp3) is 0.385. The molecule has 1 saturated carbocycles. The minimum atomic E-state index is -0.0738. The summed E-state index contributed by atoms with van der Waals surface area (Å²) in [5, 5.41) is 0. The van der Waals surface area contributed by atoms with Gasteiger partial charge in [-0.3, -0.25) is 0 Å². The van der Waals surface area contributed by atoms with E-state index < -0.39 is 0 Å². The van der Waals surface area contributed by atoms with Gasteiger partial charge in [0, 0.05) is 39.1 Å². The number of anilines is 4. The Morgan fingerprint density at radius 3 is 2.21 bits per heavy atom. The lowest BCUT2D eigenvalue weighted by Gasteiger charge is -2.54. The summed E-state index contributed by atoms with van der Waals surface area (Å²) < 4.78 is 0. The molecule has 1 fully saturated rings. The number of hydrogen-bond acceptors (Lipinski definition) is 2. The van der Waals surface area contributed by atoms with E-state index in [4.69, 9.17) is 0 Å². The highest BCUT2D eigenvalue weighted by atomic mass is 15.3. The molecule has 0 saturated heterocycles. The van der Waals surface area contributed by atoms with Gasteiger partial charge >= 0.3 is 6.85 Å². The Bertz CT molecular complexity index is 1860. The van der Waals surface area contributed by atoms with Gasteiger partial charge < -0.3 is 9.71 Å². The van der Waals surface area contributed by atoms with Gasteiger partial charge in [-0.15, -0.1) is 0 Å². The average Bonchev–Trinajstić information content (AvgIpc) is 3.18. The van der Waals surface area contributed by atoms with Crippen LogP contribution in [0.1, 0.15) is 96.4 Å². The topological polar surface area (TPSA) is 6.48 Å². The number of benzene rings is 4. The molecular formula is C39H41BN2. The first-order valence-corrected chi connectivity index (χ1v) is 16.1. The molecular weight excluding hydrogens is 507 g/mol. The normalized spacial score (nSPS) is 25.4. The van der Waals surface area contributed by atoms with Crippen molar-refractivity contribution in [1.29, 1.82) is 0 Å². The lowest BCUT2D eigenvalue weighted by Crippen LogP contribution is -2.65. The summed E-state index contributed by atoms with van der Waals surface area (Å²) >= 11 is 0. The van der Waals surface area contributed by atoms with Crippen LogP contribution in [0.5, 0.6) is 0 Å². The van der Waals surface area contributed by atoms with Gasteiger partial charge in [-0.1, -0.05) is 115 Å². The van der Waals surface area contributed by atoms with Gasteiger partial charge in [0.1, 0.15) is 0 Å². The van der Waals surface area contributed by atoms with Crippen LogP contribution in [0.2, 0.25) is 0 Å². The molecule has 9 rings (SSSR count). The maximum absolute atomic E-state index is 2.86. The molecule has 0 spiro atoms. The Labute approximate surface area is 251 Å². The zero-order valence-electron chi connectivity index (χ0n) is 26.2. The highest BCUT2D eigenvalue weighted by Crippen LogP contribution is 2.63. The first-order valence-electron chi connectivity index (χ1n) is 16.1. The summed E-state index contributed by atoms with van der Waals surface area (Å²) in [4.78, 5) is 5.60. The van der Waals surface area contributed by atoms with Crippen LogP contribution in [0.15, 0.2) is 72.8 Å². The quantitative estimate of drug-likeness (QED) is 0.203. The number of para-hydroxylation sites is 3. The molecule has 2 unspecified atom stereocenters. The molecule has 2 atom stereocenters. The molecule has 5 aliphatic rings. The van der Waals surface area contributed by atoms with Crippen LogP contribution in [0.3, 0.4) is 0 Å². The summed E-state index contributed by atoms with van der Waals surface area (Å²) in [7, 11) is 0. The van der Waals surface area contributed by atoms with Crippen molar-refractivity contribution in [3.05, 3.63) is 95.1 Å². The van der Waals surface area contributed by atoms with Gasteiger partial charge in [-0.05, 0) is 76.1 Å². The molecule has 4 heterocycles. The van der Waals surface area contributed by atoms with Crippen molar-refractivity contribution in [3.63, 3.8) is 0 Å². The molecule has 0 aromatic heterocycles. The molecule has 1 aliphatic carbocycles. The van der Waals surface area contributed by atoms with Crippen LogP contribution in [-0.2, 0) is 16.2 Å². The first kappa shape index (κ1) is 25.1. The number of fused-ring (bicyclic) bond motifs is 9. The van der Waals surface area contributed by atoms with E-state index in [0.29, 0.717) is 0 Å². The smallest absolute Gasteiger partial charge is 0.333 e. The average molecular weight is 549 g/mol. The van der Waals surface area contributed by atoms with Gasteiger partial charge in [0.25, 0.3) is 0 Å². The largest absolute Gasteiger partial charge is 0.376 e. The van der Waals surface area contributed by atoms with Crippen molar-refractivity contribution >= 4 is 40.5 Å². The van der Waals surface area contributed by atoms with Gasteiger partial charge in [0.2, 0.25) is 0 Å².